The first-order valence-corrected chi connectivity index (χ1v) is 10.1. The highest BCUT2D eigenvalue weighted by atomic mass is 16.3. The van der Waals surface area contributed by atoms with Crippen LogP contribution >= 0.6 is 0 Å². The van der Waals surface area contributed by atoms with Crippen molar-refractivity contribution in [3.8, 4) is 0 Å². The summed E-state index contributed by atoms with van der Waals surface area (Å²) in [5, 5.41) is 16.2. The topological polar surface area (TPSA) is 98.7 Å². The summed E-state index contributed by atoms with van der Waals surface area (Å²) in [6, 6.07) is 7.34. The Bertz CT molecular complexity index is 774. The monoisotopic (exact) mass is 385 g/mol. The second-order valence-electron chi connectivity index (χ2n) is 8.27. The highest BCUT2D eigenvalue weighted by molar-refractivity contribution is 5.94. The van der Waals surface area contributed by atoms with Crippen LogP contribution in [0.2, 0.25) is 0 Å². The molecule has 2 aliphatic heterocycles. The van der Waals surface area contributed by atoms with Gasteiger partial charge >= 0.3 is 0 Å². The molecule has 2 heterocycles. The average molecular weight is 385 g/mol. The summed E-state index contributed by atoms with van der Waals surface area (Å²) in [5.74, 6) is 0.0330. The molecule has 150 valence electrons. The molecule has 4 rings (SSSR count). The number of likely N-dealkylation sites (tertiary alicyclic amines) is 1. The van der Waals surface area contributed by atoms with Gasteiger partial charge in [0, 0.05) is 31.2 Å². The molecular formula is C21H27N3O4. The molecule has 3 amide bonds. The molecule has 0 aromatic heterocycles. The third kappa shape index (κ3) is 3.76. The lowest BCUT2D eigenvalue weighted by Crippen LogP contribution is -2.62. The minimum absolute atomic E-state index is 0.0422. The predicted octanol–water partition coefficient (Wildman–Crippen LogP) is 1.07. The van der Waals surface area contributed by atoms with Crippen LogP contribution in [0.25, 0.3) is 0 Å². The molecule has 28 heavy (non-hydrogen) atoms. The molecule has 3 aliphatic rings. The fourth-order valence-corrected chi connectivity index (χ4v) is 4.24. The lowest BCUT2D eigenvalue weighted by atomic mass is 9.71. The van der Waals surface area contributed by atoms with Crippen LogP contribution in [0.4, 0.5) is 5.69 Å². The van der Waals surface area contributed by atoms with Gasteiger partial charge in [0.1, 0.15) is 0 Å². The second kappa shape index (κ2) is 7.54. The van der Waals surface area contributed by atoms with Crippen LogP contribution in [0.15, 0.2) is 24.3 Å². The summed E-state index contributed by atoms with van der Waals surface area (Å²) in [6.45, 7) is 1.36. The highest BCUT2D eigenvalue weighted by Crippen LogP contribution is 2.37. The van der Waals surface area contributed by atoms with Crippen LogP contribution in [0.3, 0.4) is 0 Å². The molecule has 1 aliphatic carbocycles. The molecule has 0 unspecified atom stereocenters. The Morgan fingerprint density at radius 1 is 1.21 bits per heavy atom. The predicted molar refractivity (Wildman–Crippen MR) is 103 cm³/mol. The summed E-state index contributed by atoms with van der Waals surface area (Å²) in [7, 11) is 0. The molecule has 2 saturated heterocycles. The van der Waals surface area contributed by atoms with E-state index >= 15 is 0 Å². The Labute approximate surface area is 164 Å². The van der Waals surface area contributed by atoms with Crippen molar-refractivity contribution >= 4 is 23.4 Å². The van der Waals surface area contributed by atoms with E-state index in [0.29, 0.717) is 25.9 Å². The number of piperidine rings is 2. The van der Waals surface area contributed by atoms with E-state index in [1.807, 2.05) is 24.3 Å². The van der Waals surface area contributed by atoms with E-state index < -0.39 is 11.5 Å². The van der Waals surface area contributed by atoms with E-state index in [0.717, 1.165) is 30.5 Å². The fraction of sp³-hybridized carbons (Fsp3) is 0.571. The van der Waals surface area contributed by atoms with Crippen LogP contribution in [0.5, 0.6) is 0 Å². The van der Waals surface area contributed by atoms with Gasteiger partial charge in [-0.2, -0.15) is 0 Å². The van der Waals surface area contributed by atoms with Crippen molar-refractivity contribution in [1.82, 2.24) is 10.2 Å². The SMILES string of the molecule is O=C(Nc1ccc(CC(=O)N2CC[C@@H](O)[C@@]3(CCCNC3=O)C2)cc1)C1CC1. The van der Waals surface area contributed by atoms with E-state index in [-0.39, 0.29) is 36.6 Å². The normalized spacial score (nSPS) is 27.4. The Morgan fingerprint density at radius 2 is 1.96 bits per heavy atom. The number of rotatable bonds is 4. The molecular weight excluding hydrogens is 358 g/mol. The van der Waals surface area contributed by atoms with Gasteiger partial charge in [-0.25, -0.2) is 0 Å². The lowest BCUT2D eigenvalue weighted by Gasteiger charge is -2.46. The van der Waals surface area contributed by atoms with Crippen molar-refractivity contribution < 1.29 is 19.5 Å². The minimum Gasteiger partial charge on any atom is -0.392 e. The fourth-order valence-electron chi connectivity index (χ4n) is 4.24. The molecule has 1 aromatic rings. The summed E-state index contributed by atoms with van der Waals surface area (Å²) in [4.78, 5) is 38.8. The van der Waals surface area contributed by atoms with Crippen LogP contribution in [0, 0.1) is 11.3 Å². The first-order valence-electron chi connectivity index (χ1n) is 10.1. The van der Waals surface area contributed by atoms with E-state index in [1.165, 1.54) is 0 Å². The molecule has 0 radical (unpaired) electrons. The number of carbonyl (C=O) groups excluding carboxylic acids is 3. The Kier molecular flexibility index (Phi) is 5.10. The standard InChI is InChI=1S/C21H27N3O4/c25-17-8-11-24(13-21(17)9-1-10-22-20(21)28)18(26)12-14-2-6-16(7-3-14)23-19(27)15-4-5-15/h2-3,6-7,15,17,25H,1,4-5,8-13H2,(H,22,28)(H,23,27)/t17-,21-/m1/s1. The minimum atomic E-state index is -0.872. The zero-order valence-electron chi connectivity index (χ0n) is 15.9. The van der Waals surface area contributed by atoms with Gasteiger partial charge in [0.25, 0.3) is 0 Å². The number of benzene rings is 1. The van der Waals surface area contributed by atoms with Crippen LogP contribution in [-0.4, -0.2) is 53.5 Å². The number of hydrogen-bond acceptors (Lipinski definition) is 4. The lowest BCUT2D eigenvalue weighted by molar-refractivity contribution is -0.154. The highest BCUT2D eigenvalue weighted by Gasteiger charge is 2.50. The van der Waals surface area contributed by atoms with Crippen molar-refractivity contribution in [2.45, 2.75) is 44.6 Å². The van der Waals surface area contributed by atoms with Gasteiger partial charge in [0.2, 0.25) is 17.7 Å². The van der Waals surface area contributed by atoms with Gasteiger partial charge in [-0.3, -0.25) is 14.4 Å². The number of carbonyl (C=O) groups is 3. The molecule has 2 atom stereocenters. The van der Waals surface area contributed by atoms with Crippen molar-refractivity contribution in [1.29, 1.82) is 0 Å². The maximum Gasteiger partial charge on any atom is 0.230 e. The summed E-state index contributed by atoms with van der Waals surface area (Å²) in [5.41, 5.74) is 0.734. The maximum absolute atomic E-state index is 12.8. The number of aliphatic hydroxyl groups is 1. The first-order chi connectivity index (χ1) is 13.5. The summed E-state index contributed by atoms with van der Waals surface area (Å²) >= 11 is 0. The van der Waals surface area contributed by atoms with Gasteiger partial charge < -0.3 is 20.6 Å². The van der Waals surface area contributed by atoms with Crippen molar-refractivity contribution in [2.75, 3.05) is 25.0 Å². The van der Waals surface area contributed by atoms with E-state index in [1.54, 1.807) is 4.90 Å². The number of hydrogen-bond donors (Lipinski definition) is 3. The molecule has 3 fully saturated rings. The number of nitrogens with zero attached hydrogens (tertiary/aromatic N) is 1. The van der Waals surface area contributed by atoms with Crippen LogP contribution < -0.4 is 10.6 Å². The summed E-state index contributed by atoms with van der Waals surface area (Å²) in [6.07, 6.45) is 3.31. The average Bonchev–Trinajstić information content (AvgIpc) is 3.53. The van der Waals surface area contributed by atoms with E-state index in [2.05, 4.69) is 10.6 Å². The van der Waals surface area contributed by atoms with E-state index in [9.17, 15) is 19.5 Å². The molecule has 1 saturated carbocycles. The molecule has 7 nitrogen and oxygen atoms in total. The van der Waals surface area contributed by atoms with E-state index in [4.69, 9.17) is 0 Å². The first kappa shape index (κ1) is 18.9. The number of nitrogens with one attached hydrogen (secondary N) is 2. The van der Waals surface area contributed by atoms with Crippen molar-refractivity contribution in [2.24, 2.45) is 11.3 Å². The number of anilines is 1. The van der Waals surface area contributed by atoms with Gasteiger partial charge in [0.05, 0.1) is 17.9 Å². The third-order valence-electron chi connectivity index (χ3n) is 6.20. The largest absolute Gasteiger partial charge is 0.392 e. The molecule has 1 aromatic carbocycles. The molecule has 3 N–H and O–H groups in total. The quantitative estimate of drug-likeness (QED) is 0.722. The Balaban J connectivity index is 1.37. The Hall–Kier alpha value is -2.41. The summed E-state index contributed by atoms with van der Waals surface area (Å²) < 4.78 is 0. The van der Waals surface area contributed by atoms with Crippen molar-refractivity contribution in [3.05, 3.63) is 29.8 Å². The Morgan fingerprint density at radius 3 is 2.64 bits per heavy atom. The van der Waals surface area contributed by atoms with Crippen molar-refractivity contribution in [3.63, 3.8) is 0 Å². The van der Waals surface area contributed by atoms with Gasteiger partial charge in [-0.1, -0.05) is 12.1 Å². The molecule has 7 heteroatoms. The van der Waals surface area contributed by atoms with Crippen LogP contribution in [-0.2, 0) is 20.8 Å². The smallest absolute Gasteiger partial charge is 0.230 e. The number of amides is 3. The number of aliphatic hydroxyl groups excluding tert-OH is 1. The maximum atomic E-state index is 12.8. The molecule has 1 spiro atoms. The van der Waals surface area contributed by atoms with Crippen LogP contribution in [0.1, 0.15) is 37.7 Å². The van der Waals surface area contributed by atoms with Gasteiger partial charge in [-0.15, -0.1) is 0 Å². The second-order valence-corrected chi connectivity index (χ2v) is 8.27. The molecule has 0 bridgehead atoms. The van der Waals surface area contributed by atoms with Gasteiger partial charge in [0.15, 0.2) is 0 Å². The zero-order chi connectivity index (χ0) is 19.7. The van der Waals surface area contributed by atoms with Gasteiger partial charge in [-0.05, 0) is 49.8 Å². The third-order valence-corrected chi connectivity index (χ3v) is 6.20. The zero-order valence-corrected chi connectivity index (χ0v) is 15.9.